The molecule has 46 heavy (non-hydrogen) atoms. The average Bonchev–Trinajstić information content (AvgIpc) is 3.02. The Morgan fingerprint density at radius 2 is 1.39 bits per heavy atom. The SMILES string of the molecule is Cc1ccc(O[C@@H]2OC(C(=O)O)[C@@H](O[C@H]3OC(CO)[C@@H](O[C@@H]4OC(C(=O)O)[C@@H](C)[C@H](O)C4O)[C@H](O)C3NCC=O)[C@H](O)C2O)cc1. The number of aliphatic hydroxyl groups is 6. The largest absolute Gasteiger partial charge is 0.479 e. The Morgan fingerprint density at radius 1 is 0.804 bits per heavy atom. The van der Waals surface area contributed by atoms with Crippen LogP contribution in [-0.4, -0.2) is 158 Å². The highest BCUT2D eigenvalue weighted by Gasteiger charge is 2.55. The molecular formula is C28H39NO17. The number of nitrogens with one attached hydrogen (secondary N) is 1. The smallest absolute Gasteiger partial charge is 0.335 e. The summed E-state index contributed by atoms with van der Waals surface area (Å²) in [6.45, 7) is 1.86. The third-order valence-corrected chi connectivity index (χ3v) is 8.10. The fraction of sp³-hybridized carbons (Fsp3) is 0.679. The molecule has 3 fully saturated rings. The number of aldehydes is 1. The second-order valence-corrected chi connectivity index (χ2v) is 11.3. The summed E-state index contributed by atoms with van der Waals surface area (Å²) >= 11 is 0. The zero-order valence-electron chi connectivity index (χ0n) is 24.7. The maximum absolute atomic E-state index is 12.2. The summed E-state index contributed by atoms with van der Waals surface area (Å²) in [5.41, 5.74) is 0.898. The van der Waals surface area contributed by atoms with Crippen LogP contribution in [0.3, 0.4) is 0 Å². The number of hydrogen-bond acceptors (Lipinski definition) is 16. The fourth-order valence-corrected chi connectivity index (χ4v) is 5.49. The van der Waals surface area contributed by atoms with Crippen LogP contribution in [0.4, 0.5) is 0 Å². The van der Waals surface area contributed by atoms with E-state index < -0.39 is 117 Å². The molecule has 1 aromatic rings. The van der Waals surface area contributed by atoms with Crippen LogP contribution in [-0.2, 0) is 38.1 Å². The van der Waals surface area contributed by atoms with Crippen molar-refractivity contribution in [3.05, 3.63) is 29.8 Å². The van der Waals surface area contributed by atoms with E-state index in [1.807, 2.05) is 6.92 Å². The molecule has 18 heteroatoms. The molecule has 0 spiro atoms. The van der Waals surface area contributed by atoms with Crippen molar-refractivity contribution in [3.63, 3.8) is 0 Å². The molecule has 15 atom stereocenters. The van der Waals surface area contributed by atoms with E-state index in [1.54, 1.807) is 24.3 Å². The van der Waals surface area contributed by atoms with Crippen LogP contribution in [0.2, 0.25) is 0 Å². The number of carbonyl (C=O) groups excluding carboxylic acids is 1. The van der Waals surface area contributed by atoms with Gasteiger partial charge < -0.3 is 79.4 Å². The molecule has 3 heterocycles. The van der Waals surface area contributed by atoms with Crippen molar-refractivity contribution in [1.82, 2.24) is 5.32 Å². The van der Waals surface area contributed by atoms with Crippen LogP contribution in [0.15, 0.2) is 24.3 Å². The van der Waals surface area contributed by atoms with E-state index in [-0.39, 0.29) is 5.75 Å². The first kappa shape index (κ1) is 36.0. The van der Waals surface area contributed by atoms with E-state index in [1.165, 1.54) is 6.92 Å². The summed E-state index contributed by atoms with van der Waals surface area (Å²) in [6.07, 6.45) is -22.3. The summed E-state index contributed by atoms with van der Waals surface area (Å²) in [6, 6.07) is 5.03. The number of benzene rings is 1. The van der Waals surface area contributed by atoms with Crippen LogP contribution >= 0.6 is 0 Å². The number of carboxylic acid groups (broad SMARTS) is 2. The molecular weight excluding hydrogens is 622 g/mol. The van der Waals surface area contributed by atoms with Gasteiger partial charge in [0.05, 0.1) is 25.3 Å². The first-order valence-electron chi connectivity index (χ1n) is 14.4. The van der Waals surface area contributed by atoms with Gasteiger partial charge in [-0.25, -0.2) is 9.59 Å². The van der Waals surface area contributed by atoms with Crippen LogP contribution < -0.4 is 10.1 Å². The zero-order valence-corrected chi connectivity index (χ0v) is 24.7. The van der Waals surface area contributed by atoms with Crippen molar-refractivity contribution in [3.8, 4) is 5.75 Å². The Morgan fingerprint density at radius 3 is 1.98 bits per heavy atom. The monoisotopic (exact) mass is 661 g/mol. The van der Waals surface area contributed by atoms with Gasteiger partial charge >= 0.3 is 11.9 Å². The minimum Gasteiger partial charge on any atom is -0.479 e. The van der Waals surface area contributed by atoms with Gasteiger partial charge in [0, 0.05) is 5.92 Å². The van der Waals surface area contributed by atoms with Crippen LogP contribution in [0.25, 0.3) is 0 Å². The van der Waals surface area contributed by atoms with E-state index in [2.05, 4.69) is 5.32 Å². The van der Waals surface area contributed by atoms with Gasteiger partial charge in [0.15, 0.2) is 24.8 Å². The lowest BCUT2D eigenvalue weighted by Gasteiger charge is -2.49. The highest BCUT2D eigenvalue weighted by molar-refractivity contribution is 5.73. The van der Waals surface area contributed by atoms with Gasteiger partial charge in [0.25, 0.3) is 0 Å². The lowest BCUT2D eigenvalue weighted by Crippen LogP contribution is -2.69. The maximum atomic E-state index is 12.2. The normalized spacial score (nSPS) is 41.4. The Kier molecular flexibility index (Phi) is 12.0. The number of ether oxygens (including phenoxy) is 6. The maximum Gasteiger partial charge on any atom is 0.335 e. The third-order valence-electron chi connectivity index (χ3n) is 8.10. The van der Waals surface area contributed by atoms with Gasteiger partial charge in [0.1, 0.15) is 54.8 Å². The van der Waals surface area contributed by atoms with Crippen molar-refractivity contribution >= 4 is 18.2 Å². The van der Waals surface area contributed by atoms with Gasteiger partial charge in [-0.1, -0.05) is 24.6 Å². The number of carbonyl (C=O) groups is 3. The molecule has 3 saturated heterocycles. The molecule has 1 aromatic carbocycles. The van der Waals surface area contributed by atoms with Gasteiger partial charge in [-0.05, 0) is 19.1 Å². The molecule has 258 valence electrons. The Bertz CT molecular complexity index is 1190. The third kappa shape index (κ3) is 7.64. The van der Waals surface area contributed by atoms with E-state index in [4.69, 9.17) is 28.4 Å². The molecule has 0 aromatic heterocycles. The Labute approximate surface area is 262 Å². The van der Waals surface area contributed by atoms with Crippen molar-refractivity contribution in [2.75, 3.05) is 13.2 Å². The fourth-order valence-electron chi connectivity index (χ4n) is 5.49. The van der Waals surface area contributed by atoms with E-state index in [0.29, 0.717) is 6.29 Å². The molecule has 9 N–H and O–H groups in total. The second-order valence-electron chi connectivity index (χ2n) is 11.3. The summed E-state index contributed by atoms with van der Waals surface area (Å²) in [4.78, 5) is 35.1. The molecule has 0 aliphatic carbocycles. The topological polar surface area (TPSA) is 280 Å². The van der Waals surface area contributed by atoms with E-state index >= 15 is 0 Å². The quantitative estimate of drug-likeness (QED) is 0.0967. The average molecular weight is 662 g/mol. The van der Waals surface area contributed by atoms with Gasteiger partial charge in [-0.15, -0.1) is 0 Å². The standard InChI is InChI=1S/C28H39NO17/c1-10-3-5-12(6-4-10)41-27-19(36)17(34)22(23(46-27)25(39)40)45-26-14(29-7-8-30)16(33)21(13(9-31)42-26)44-28-18(35)15(32)11(2)20(43-28)24(37)38/h3-6,8,11,13-23,26-29,31-36H,7,9H2,1-2H3,(H,37,38)(H,39,40)/t11-,13?,14?,15-,16+,17+,18?,19?,20?,21+,22-,23?,26+,27+,28-/m0/s1. The van der Waals surface area contributed by atoms with Crippen molar-refractivity contribution < 1.29 is 83.7 Å². The summed E-state index contributed by atoms with van der Waals surface area (Å²) < 4.78 is 33.5. The van der Waals surface area contributed by atoms with Crippen LogP contribution in [0.1, 0.15) is 12.5 Å². The number of aliphatic hydroxyl groups excluding tert-OH is 6. The summed E-state index contributed by atoms with van der Waals surface area (Å²) in [5, 5.41) is 86.0. The van der Waals surface area contributed by atoms with Crippen molar-refractivity contribution in [2.24, 2.45) is 5.92 Å². The Hall–Kier alpha value is -2.85. The van der Waals surface area contributed by atoms with Gasteiger partial charge in [-0.2, -0.15) is 0 Å². The number of rotatable bonds is 12. The molecule has 0 bridgehead atoms. The molecule has 4 rings (SSSR count). The van der Waals surface area contributed by atoms with Crippen LogP contribution in [0, 0.1) is 12.8 Å². The zero-order chi connectivity index (χ0) is 33.9. The molecule has 3 aliphatic rings. The summed E-state index contributed by atoms with van der Waals surface area (Å²) in [5.74, 6) is -3.91. The highest BCUT2D eigenvalue weighted by Crippen LogP contribution is 2.34. The predicted molar refractivity (Wildman–Crippen MR) is 147 cm³/mol. The van der Waals surface area contributed by atoms with E-state index in [0.717, 1.165) is 5.56 Å². The molecule has 0 saturated carbocycles. The minimum absolute atomic E-state index is 0.211. The predicted octanol–water partition coefficient (Wildman–Crippen LogP) is -3.92. The Balaban J connectivity index is 1.54. The molecule has 6 unspecified atom stereocenters. The van der Waals surface area contributed by atoms with E-state index in [9.17, 15) is 55.2 Å². The molecule has 0 amide bonds. The van der Waals surface area contributed by atoms with Crippen molar-refractivity contribution in [2.45, 2.75) is 99.8 Å². The lowest BCUT2D eigenvalue weighted by atomic mass is 9.90. The first-order chi connectivity index (χ1) is 21.8. The number of aryl methyl sites for hydroxylation is 1. The number of carboxylic acids is 2. The van der Waals surface area contributed by atoms with Gasteiger partial charge in [-0.3, -0.25) is 0 Å². The lowest BCUT2D eigenvalue weighted by molar-refractivity contribution is -0.357. The number of hydrogen-bond donors (Lipinski definition) is 9. The highest BCUT2D eigenvalue weighted by atomic mass is 16.8. The molecule has 0 radical (unpaired) electrons. The molecule has 3 aliphatic heterocycles. The van der Waals surface area contributed by atoms with Crippen LogP contribution in [0.5, 0.6) is 5.75 Å². The van der Waals surface area contributed by atoms with Crippen molar-refractivity contribution in [1.29, 1.82) is 0 Å². The summed E-state index contributed by atoms with van der Waals surface area (Å²) in [7, 11) is 0. The number of aliphatic carboxylic acids is 2. The first-order valence-corrected chi connectivity index (χ1v) is 14.4. The second kappa shape index (κ2) is 15.4. The van der Waals surface area contributed by atoms with Gasteiger partial charge in [0.2, 0.25) is 6.29 Å². The minimum atomic E-state index is -1.96. The molecule has 18 nitrogen and oxygen atoms in total.